The Morgan fingerprint density at radius 3 is 2.43 bits per heavy atom. The van der Waals surface area contributed by atoms with E-state index in [1.807, 2.05) is 0 Å². The molecule has 0 saturated carbocycles. The highest BCUT2D eigenvalue weighted by Crippen LogP contribution is 2.36. The molecular weight excluding hydrogens is 312 g/mol. The number of anilines is 1. The number of imide groups is 1. The van der Waals surface area contributed by atoms with Crippen molar-refractivity contribution in [2.24, 2.45) is 0 Å². The molecule has 0 aliphatic carbocycles. The van der Waals surface area contributed by atoms with Crippen molar-refractivity contribution in [1.29, 1.82) is 0 Å². The van der Waals surface area contributed by atoms with Gasteiger partial charge >= 0.3 is 0 Å². The van der Waals surface area contributed by atoms with Gasteiger partial charge in [-0.15, -0.1) is 0 Å². The normalized spacial score (nSPS) is 17.2. The van der Waals surface area contributed by atoms with Crippen molar-refractivity contribution in [3.05, 3.63) is 29.3 Å². The summed E-state index contributed by atoms with van der Waals surface area (Å²) in [6.07, 6.45) is 0.0662. The molecule has 3 amide bonds. The first-order valence-electron chi connectivity index (χ1n) is 6.40. The highest BCUT2D eigenvalue weighted by atomic mass is 35.5. The van der Waals surface area contributed by atoms with Crippen LogP contribution in [-0.4, -0.2) is 33.2 Å². The predicted octanol–water partition coefficient (Wildman–Crippen LogP) is 3.14. The van der Waals surface area contributed by atoms with E-state index < -0.39 is 4.75 Å². The lowest BCUT2D eigenvalue weighted by molar-refractivity contribution is -0.129. The van der Waals surface area contributed by atoms with Crippen LogP contribution in [0, 0.1) is 0 Å². The molecule has 0 unspecified atom stereocenters. The van der Waals surface area contributed by atoms with E-state index in [-0.39, 0.29) is 30.0 Å². The summed E-state index contributed by atoms with van der Waals surface area (Å²) in [5.74, 6) is -0.510. The molecule has 0 atom stereocenters. The summed E-state index contributed by atoms with van der Waals surface area (Å²) in [7, 11) is 0. The molecule has 0 spiro atoms. The Labute approximate surface area is 132 Å². The Hall–Kier alpha value is -1.53. The summed E-state index contributed by atoms with van der Waals surface area (Å²) in [6, 6.07) is 6.71. The van der Waals surface area contributed by atoms with Gasteiger partial charge < -0.3 is 5.32 Å². The zero-order valence-corrected chi connectivity index (χ0v) is 13.3. The van der Waals surface area contributed by atoms with Crippen molar-refractivity contribution in [3.63, 3.8) is 0 Å². The molecule has 1 aliphatic rings. The van der Waals surface area contributed by atoms with Crippen LogP contribution in [0.2, 0.25) is 5.02 Å². The molecule has 1 aliphatic heterocycles. The van der Waals surface area contributed by atoms with Crippen LogP contribution in [0.4, 0.5) is 10.5 Å². The first-order valence-corrected chi connectivity index (χ1v) is 7.59. The molecule has 1 saturated heterocycles. The van der Waals surface area contributed by atoms with E-state index >= 15 is 0 Å². The molecule has 112 valence electrons. The Morgan fingerprint density at radius 2 is 1.90 bits per heavy atom. The molecule has 21 heavy (non-hydrogen) atoms. The number of carbonyl (C=O) groups is 3. The summed E-state index contributed by atoms with van der Waals surface area (Å²) in [5.41, 5.74) is 0.623. The number of halogens is 1. The minimum Gasteiger partial charge on any atom is -0.326 e. The summed E-state index contributed by atoms with van der Waals surface area (Å²) in [5, 5.41) is 2.97. The molecule has 1 fully saturated rings. The van der Waals surface area contributed by atoms with Gasteiger partial charge in [0, 0.05) is 23.7 Å². The number of amides is 3. The third kappa shape index (κ3) is 3.77. The minimum atomic E-state index is -0.746. The van der Waals surface area contributed by atoms with Gasteiger partial charge in [-0.3, -0.25) is 19.3 Å². The van der Waals surface area contributed by atoms with Crippen LogP contribution in [-0.2, 0) is 9.59 Å². The summed E-state index contributed by atoms with van der Waals surface area (Å²) >= 11 is 6.74. The average molecular weight is 327 g/mol. The van der Waals surface area contributed by atoms with Gasteiger partial charge in [-0.05, 0) is 49.9 Å². The number of hydrogen-bond acceptors (Lipinski definition) is 4. The number of carbonyl (C=O) groups excluding carboxylic acids is 3. The standard InChI is InChI=1S/C14H15ClN2O3S/c1-14(2)12(19)17(13(20)21-14)8-7-11(18)16-10-5-3-9(15)4-6-10/h3-6H,7-8H2,1-2H3,(H,16,18). The number of nitrogens with one attached hydrogen (secondary N) is 1. The molecule has 0 bridgehead atoms. The molecular formula is C14H15ClN2O3S. The van der Waals surface area contributed by atoms with E-state index in [1.54, 1.807) is 38.1 Å². The van der Waals surface area contributed by atoms with Crippen molar-refractivity contribution in [2.75, 3.05) is 11.9 Å². The smallest absolute Gasteiger partial charge is 0.289 e. The monoisotopic (exact) mass is 326 g/mol. The van der Waals surface area contributed by atoms with Crippen LogP contribution < -0.4 is 5.32 Å². The van der Waals surface area contributed by atoms with Crippen LogP contribution in [0.15, 0.2) is 24.3 Å². The van der Waals surface area contributed by atoms with Gasteiger partial charge in [-0.1, -0.05) is 11.6 Å². The molecule has 5 nitrogen and oxygen atoms in total. The first kappa shape index (κ1) is 15.9. The third-order valence-electron chi connectivity index (χ3n) is 3.01. The van der Waals surface area contributed by atoms with Gasteiger partial charge in [-0.2, -0.15) is 0 Å². The van der Waals surface area contributed by atoms with Crippen molar-refractivity contribution in [1.82, 2.24) is 4.90 Å². The van der Waals surface area contributed by atoms with Gasteiger partial charge in [0.1, 0.15) is 0 Å². The van der Waals surface area contributed by atoms with Crippen molar-refractivity contribution < 1.29 is 14.4 Å². The van der Waals surface area contributed by atoms with Crippen molar-refractivity contribution in [3.8, 4) is 0 Å². The van der Waals surface area contributed by atoms with Crippen LogP contribution in [0.3, 0.4) is 0 Å². The number of thioether (sulfide) groups is 1. The van der Waals surface area contributed by atoms with E-state index in [4.69, 9.17) is 11.6 Å². The lowest BCUT2D eigenvalue weighted by atomic mass is 10.2. The number of rotatable bonds is 4. The van der Waals surface area contributed by atoms with Gasteiger partial charge in [0.25, 0.3) is 5.24 Å². The van der Waals surface area contributed by atoms with Gasteiger partial charge in [-0.25, -0.2) is 0 Å². The average Bonchev–Trinajstić information content (AvgIpc) is 2.59. The van der Waals surface area contributed by atoms with Crippen LogP contribution in [0.1, 0.15) is 20.3 Å². The number of benzene rings is 1. The van der Waals surface area contributed by atoms with E-state index in [0.29, 0.717) is 10.7 Å². The molecule has 1 N–H and O–H groups in total. The van der Waals surface area contributed by atoms with Crippen LogP contribution in [0.5, 0.6) is 0 Å². The highest BCUT2D eigenvalue weighted by Gasteiger charge is 2.45. The maximum atomic E-state index is 12.0. The molecule has 2 rings (SSSR count). The van der Waals surface area contributed by atoms with E-state index in [2.05, 4.69) is 5.32 Å². The Bertz CT molecular complexity index is 586. The Balaban J connectivity index is 1.88. The second kappa shape index (κ2) is 6.07. The summed E-state index contributed by atoms with van der Waals surface area (Å²) in [6.45, 7) is 3.49. The SMILES string of the molecule is CC1(C)SC(=O)N(CCC(=O)Nc2ccc(Cl)cc2)C1=O. The van der Waals surface area contributed by atoms with E-state index in [0.717, 1.165) is 16.7 Å². The van der Waals surface area contributed by atoms with Crippen molar-refractivity contribution >= 4 is 46.1 Å². The third-order valence-corrected chi connectivity index (χ3v) is 4.35. The van der Waals surface area contributed by atoms with E-state index in [9.17, 15) is 14.4 Å². The topological polar surface area (TPSA) is 66.5 Å². The zero-order valence-electron chi connectivity index (χ0n) is 11.7. The summed E-state index contributed by atoms with van der Waals surface area (Å²) in [4.78, 5) is 36.7. The largest absolute Gasteiger partial charge is 0.326 e. The minimum absolute atomic E-state index is 0.0662. The van der Waals surface area contributed by atoms with Gasteiger partial charge in [0.2, 0.25) is 11.8 Å². The summed E-state index contributed by atoms with van der Waals surface area (Å²) < 4.78 is -0.746. The quantitative estimate of drug-likeness (QED) is 0.923. The van der Waals surface area contributed by atoms with Crippen LogP contribution >= 0.6 is 23.4 Å². The lowest BCUT2D eigenvalue weighted by Gasteiger charge is -2.16. The second-order valence-electron chi connectivity index (χ2n) is 5.14. The zero-order chi connectivity index (χ0) is 15.6. The first-order chi connectivity index (χ1) is 9.79. The lowest BCUT2D eigenvalue weighted by Crippen LogP contribution is -2.37. The maximum Gasteiger partial charge on any atom is 0.289 e. The van der Waals surface area contributed by atoms with E-state index in [1.165, 1.54) is 0 Å². The molecule has 1 heterocycles. The molecule has 0 radical (unpaired) electrons. The number of hydrogen-bond donors (Lipinski definition) is 1. The molecule has 1 aromatic rings. The van der Waals surface area contributed by atoms with Gasteiger partial charge in [0.05, 0.1) is 4.75 Å². The Kier molecular flexibility index (Phi) is 4.58. The van der Waals surface area contributed by atoms with Gasteiger partial charge in [0.15, 0.2) is 0 Å². The highest BCUT2D eigenvalue weighted by molar-refractivity contribution is 8.16. The second-order valence-corrected chi connectivity index (χ2v) is 7.15. The maximum absolute atomic E-state index is 12.0. The number of nitrogens with zero attached hydrogens (tertiary/aromatic N) is 1. The fraction of sp³-hybridized carbons (Fsp3) is 0.357. The fourth-order valence-electron chi connectivity index (χ4n) is 1.89. The molecule has 0 aromatic heterocycles. The molecule has 1 aromatic carbocycles. The fourth-order valence-corrected chi connectivity index (χ4v) is 2.93. The Morgan fingerprint density at radius 1 is 1.29 bits per heavy atom. The van der Waals surface area contributed by atoms with Crippen molar-refractivity contribution in [2.45, 2.75) is 25.0 Å². The van der Waals surface area contributed by atoms with Crippen LogP contribution in [0.25, 0.3) is 0 Å². The predicted molar refractivity (Wildman–Crippen MR) is 83.5 cm³/mol. The molecule has 7 heteroatoms.